The van der Waals surface area contributed by atoms with Crippen molar-refractivity contribution in [2.24, 2.45) is 5.92 Å². The number of carboxylic acids is 1. The number of alkyl halides is 6. The van der Waals surface area contributed by atoms with Crippen LogP contribution in [0.4, 0.5) is 32.0 Å². The average molecular weight is 433 g/mol. The summed E-state index contributed by atoms with van der Waals surface area (Å²) in [4.78, 5) is 12.4. The van der Waals surface area contributed by atoms with Crippen LogP contribution in [-0.4, -0.2) is 29.8 Å². The van der Waals surface area contributed by atoms with Gasteiger partial charge in [0.2, 0.25) is 0 Å². The van der Waals surface area contributed by atoms with Crippen molar-refractivity contribution >= 4 is 11.7 Å². The smallest absolute Gasteiger partial charge is 0.419 e. The zero-order valence-corrected chi connectivity index (χ0v) is 15.4. The van der Waals surface area contributed by atoms with E-state index in [1.807, 2.05) is 0 Å². The minimum atomic E-state index is -4.61. The summed E-state index contributed by atoms with van der Waals surface area (Å²) in [7, 11) is 0. The van der Waals surface area contributed by atoms with E-state index in [1.54, 1.807) is 0 Å². The molecule has 162 valence electrons. The molecule has 4 nitrogen and oxygen atoms in total. The number of hydrogen-bond acceptors (Lipinski definition) is 3. The van der Waals surface area contributed by atoms with Crippen molar-refractivity contribution in [3.05, 3.63) is 54.1 Å². The molecule has 1 N–H and O–H groups in total. The number of hydrogen-bond donors (Lipinski definition) is 1. The third-order valence-electron chi connectivity index (χ3n) is 4.88. The van der Waals surface area contributed by atoms with Gasteiger partial charge in [-0.15, -0.1) is 0 Å². The van der Waals surface area contributed by atoms with E-state index in [4.69, 9.17) is 9.84 Å². The number of aliphatic carboxylic acids is 1. The molecule has 1 saturated heterocycles. The van der Waals surface area contributed by atoms with Gasteiger partial charge in [-0.3, -0.25) is 4.79 Å². The molecule has 1 fully saturated rings. The lowest BCUT2D eigenvalue weighted by Gasteiger charge is -2.26. The molecule has 0 aliphatic carbocycles. The van der Waals surface area contributed by atoms with Gasteiger partial charge in [0.05, 0.1) is 17.9 Å². The number of benzene rings is 2. The second-order valence-corrected chi connectivity index (χ2v) is 6.97. The van der Waals surface area contributed by atoms with Crippen LogP contribution in [0.2, 0.25) is 0 Å². The van der Waals surface area contributed by atoms with Crippen molar-refractivity contribution in [3.8, 4) is 11.5 Å². The summed E-state index contributed by atoms with van der Waals surface area (Å²) in [5.41, 5.74) is -0.618. The van der Waals surface area contributed by atoms with E-state index in [-0.39, 0.29) is 12.2 Å². The van der Waals surface area contributed by atoms with E-state index in [9.17, 15) is 31.1 Å². The SMILES string of the molecule is O=C(O)C[C@@H]1C[C@H](C(F)(F)F)CN1c1ccc(Oc2ccccc2C(F)(F)F)cc1. The number of carbonyl (C=O) groups is 1. The second kappa shape index (κ2) is 8.08. The first-order chi connectivity index (χ1) is 13.9. The Morgan fingerprint density at radius 2 is 1.67 bits per heavy atom. The topological polar surface area (TPSA) is 49.8 Å². The van der Waals surface area contributed by atoms with Gasteiger partial charge in [-0.05, 0) is 42.8 Å². The van der Waals surface area contributed by atoms with Crippen molar-refractivity contribution in [2.75, 3.05) is 11.4 Å². The molecule has 0 radical (unpaired) electrons. The highest BCUT2D eigenvalue weighted by atomic mass is 19.4. The number of carboxylic acid groups (broad SMARTS) is 1. The van der Waals surface area contributed by atoms with E-state index < -0.39 is 54.6 Å². The molecule has 1 aliphatic rings. The van der Waals surface area contributed by atoms with Crippen LogP contribution in [0.25, 0.3) is 0 Å². The van der Waals surface area contributed by atoms with E-state index in [0.29, 0.717) is 5.69 Å². The van der Waals surface area contributed by atoms with Gasteiger partial charge >= 0.3 is 18.3 Å². The maximum Gasteiger partial charge on any atom is 0.419 e. The van der Waals surface area contributed by atoms with Crippen molar-refractivity contribution in [1.82, 2.24) is 0 Å². The number of nitrogens with zero attached hydrogens (tertiary/aromatic N) is 1. The molecule has 0 saturated carbocycles. The Kier molecular flexibility index (Phi) is 5.87. The minimum Gasteiger partial charge on any atom is -0.481 e. The first-order valence-corrected chi connectivity index (χ1v) is 8.94. The molecule has 0 spiro atoms. The van der Waals surface area contributed by atoms with Crippen molar-refractivity contribution in [3.63, 3.8) is 0 Å². The number of rotatable bonds is 5. The normalized spacial score (nSPS) is 19.7. The fourth-order valence-electron chi connectivity index (χ4n) is 3.49. The number of para-hydroxylation sites is 1. The first kappa shape index (κ1) is 21.8. The summed E-state index contributed by atoms with van der Waals surface area (Å²) in [5, 5.41) is 9.01. The average Bonchev–Trinajstić information content (AvgIpc) is 3.05. The lowest BCUT2D eigenvalue weighted by atomic mass is 10.0. The lowest BCUT2D eigenvalue weighted by Crippen LogP contribution is -2.32. The predicted octanol–water partition coefficient (Wildman–Crippen LogP) is 5.73. The predicted molar refractivity (Wildman–Crippen MR) is 95.5 cm³/mol. The second-order valence-electron chi connectivity index (χ2n) is 6.97. The Morgan fingerprint density at radius 1 is 1.03 bits per heavy atom. The third-order valence-corrected chi connectivity index (χ3v) is 4.88. The monoisotopic (exact) mass is 433 g/mol. The number of ether oxygens (including phenoxy) is 1. The Bertz CT molecular complexity index is 895. The highest BCUT2D eigenvalue weighted by Gasteiger charge is 2.47. The third kappa shape index (κ3) is 4.98. The van der Waals surface area contributed by atoms with Gasteiger partial charge in [-0.2, -0.15) is 26.3 Å². The highest BCUT2D eigenvalue weighted by Crippen LogP contribution is 2.41. The molecule has 30 heavy (non-hydrogen) atoms. The van der Waals surface area contributed by atoms with Crippen LogP contribution in [0.15, 0.2) is 48.5 Å². The van der Waals surface area contributed by atoms with Gasteiger partial charge in [0.15, 0.2) is 0 Å². The van der Waals surface area contributed by atoms with Crippen LogP contribution in [-0.2, 0) is 11.0 Å². The van der Waals surface area contributed by atoms with Crippen LogP contribution in [0.1, 0.15) is 18.4 Å². The molecule has 3 rings (SSSR count). The van der Waals surface area contributed by atoms with Gasteiger partial charge in [0.1, 0.15) is 11.5 Å². The van der Waals surface area contributed by atoms with Crippen LogP contribution in [0.3, 0.4) is 0 Å². The number of anilines is 1. The van der Waals surface area contributed by atoms with Crippen LogP contribution < -0.4 is 9.64 Å². The van der Waals surface area contributed by atoms with Crippen molar-refractivity contribution < 1.29 is 41.0 Å². The Hall–Kier alpha value is -2.91. The van der Waals surface area contributed by atoms with Crippen LogP contribution in [0.5, 0.6) is 11.5 Å². The van der Waals surface area contributed by atoms with Crippen LogP contribution in [0, 0.1) is 5.92 Å². The van der Waals surface area contributed by atoms with Crippen molar-refractivity contribution in [2.45, 2.75) is 31.2 Å². The molecule has 0 unspecified atom stereocenters. The lowest BCUT2D eigenvalue weighted by molar-refractivity contribution is -0.169. The van der Waals surface area contributed by atoms with E-state index >= 15 is 0 Å². The summed E-state index contributed by atoms with van der Waals surface area (Å²) in [6, 6.07) is 9.28. The van der Waals surface area contributed by atoms with E-state index in [2.05, 4.69) is 0 Å². The maximum atomic E-state index is 13.1. The number of halogens is 6. The summed E-state index contributed by atoms with van der Waals surface area (Å²) in [6.07, 6.45) is -9.85. The van der Waals surface area contributed by atoms with Crippen LogP contribution >= 0.6 is 0 Å². The van der Waals surface area contributed by atoms with Gasteiger partial charge < -0.3 is 14.7 Å². The molecular formula is C20H17F6NO3. The van der Waals surface area contributed by atoms with Gasteiger partial charge in [0.25, 0.3) is 0 Å². The molecule has 1 heterocycles. The molecule has 0 aromatic heterocycles. The first-order valence-electron chi connectivity index (χ1n) is 8.94. The zero-order valence-electron chi connectivity index (χ0n) is 15.4. The van der Waals surface area contributed by atoms with Crippen molar-refractivity contribution in [1.29, 1.82) is 0 Å². The maximum absolute atomic E-state index is 13.1. The Labute approximate surface area is 167 Å². The molecular weight excluding hydrogens is 416 g/mol. The molecule has 2 aromatic rings. The molecule has 2 atom stereocenters. The summed E-state index contributed by atoms with van der Waals surface area (Å²) in [5.74, 6) is -3.20. The van der Waals surface area contributed by atoms with E-state index in [1.165, 1.54) is 41.3 Å². The zero-order chi connectivity index (χ0) is 22.1. The molecule has 0 bridgehead atoms. The summed E-state index contributed by atoms with van der Waals surface area (Å²) < 4.78 is 83.9. The van der Waals surface area contributed by atoms with Gasteiger partial charge in [-0.1, -0.05) is 12.1 Å². The quantitative estimate of drug-likeness (QED) is 0.612. The Morgan fingerprint density at radius 3 is 2.23 bits per heavy atom. The molecule has 0 amide bonds. The molecule has 1 aliphatic heterocycles. The highest BCUT2D eigenvalue weighted by molar-refractivity contribution is 5.69. The van der Waals surface area contributed by atoms with Gasteiger partial charge in [-0.25, -0.2) is 0 Å². The van der Waals surface area contributed by atoms with E-state index in [0.717, 1.165) is 12.1 Å². The standard InChI is InChI=1S/C20H17F6NO3/c21-19(22,23)12-9-14(10-18(28)29)27(11-12)13-5-7-15(8-6-13)30-17-4-2-1-3-16(17)20(24,25)26/h1-8,12,14H,9-11H2,(H,28,29)/t12-,14-/m0/s1. The minimum absolute atomic E-state index is 0.0665. The summed E-state index contributed by atoms with van der Waals surface area (Å²) >= 11 is 0. The Balaban J connectivity index is 1.80. The molecule has 10 heteroatoms. The fourth-order valence-corrected chi connectivity index (χ4v) is 3.49. The van der Waals surface area contributed by atoms with Gasteiger partial charge in [0, 0.05) is 18.3 Å². The fraction of sp³-hybridized carbons (Fsp3) is 0.350. The molecule has 2 aromatic carbocycles. The largest absolute Gasteiger partial charge is 0.481 e. The summed E-state index contributed by atoms with van der Waals surface area (Å²) in [6.45, 7) is -0.390.